The fraction of sp³-hybridized carbons (Fsp3) is 0.194. The lowest BCUT2D eigenvalue weighted by atomic mass is 9.77. The Morgan fingerprint density at radius 2 is 1.34 bits per heavy atom. The van der Waals surface area contributed by atoms with Crippen LogP contribution in [0, 0.1) is 32.1 Å². The molecule has 0 aromatic heterocycles. The highest BCUT2D eigenvalue weighted by Crippen LogP contribution is 2.48. The summed E-state index contributed by atoms with van der Waals surface area (Å²) in [6.45, 7) is 2.50. The van der Waals surface area contributed by atoms with E-state index in [1.165, 1.54) is 31.2 Å². The summed E-state index contributed by atoms with van der Waals surface area (Å²) >= 11 is 0. The maximum absolute atomic E-state index is 14.0. The van der Waals surface area contributed by atoms with Gasteiger partial charge >= 0.3 is 24.0 Å². The molecule has 0 radical (unpaired) electrons. The Labute approximate surface area is 298 Å². The number of nitrogens with zero attached hydrogens (tertiary/aromatic N) is 4. The highest BCUT2D eigenvalue weighted by molar-refractivity contribution is 6.09. The van der Waals surface area contributed by atoms with E-state index >= 15 is 0 Å². The molecule has 4 aromatic carbocycles. The summed E-state index contributed by atoms with van der Waals surface area (Å²) < 4.78 is 10.4. The van der Waals surface area contributed by atoms with Crippen molar-refractivity contribution < 1.29 is 53.5 Å². The fourth-order valence-electron chi connectivity index (χ4n) is 6.60. The van der Waals surface area contributed by atoms with Crippen LogP contribution in [0.5, 0.6) is 5.75 Å². The summed E-state index contributed by atoms with van der Waals surface area (Å²) in [5.41, 5.74) is -1.25. The first-order chi connectivity index (χ1) is 25.2. The van der Waals surface area contributed by atoms with E-state index in [-0.39, 0.29) is 39.5 Å². The van der Waals surface area contributed by atoms with Gasteiger partial charge < -0.3 is 24.6 Å². The molecule has 0 aliphatic carbocycles. The molecule has 1 saturated heterocycles. The van der Waals surface area contributed by atoms with Crippen LogP contribution in [0.25, 0.3) is 10.8 Å². The van der Waals surface area contributed by atoms with E-state index in [2.05, 4.69) is 0 Å². The predicted octanol–water partition coefficient (Wildman–Crippen LogP) is 4.64. The van der Waals surface area contributed by atoms with Gasteiger partial charge in [-0.1, -0.05) is 31.2 Å². The van der Waals surface area contributed by atoms with Gasteiger partial charge in [-0.15, -0.1) is 0 Å². The summed E-state index contributed by atoms with van der Waals surface area (Å²) in [6.07, 6.45) is -2.42. The number of anilines is 1. The van der Waals surface area contributed by atoms with Gasteiger partial charge in [-0.05, 0) is 48.9 Å². The molecule has 0 saturated carbocycles. The zero-order chi connectivity index (χ0) is 38.3. The first kappa shape index (κ1) is 35.8. The number of carbonyl (C=O) groups excluding carboxylic acids is 5. The van der Waals surface area contributed by atoms with Crippen molar-refractivity contribution in [2.45, 2.75) is 26.0 Å². The molecule has 17 heteroatoms. The number of ether oxygens (including phenoxy) is 2. The van der Waals surface area contributed by atoms with Crippen molar-refractivity contribution in [1.82, 2.24) is 4.90 Å². The highest BCUT2D eigenvalue weighted by Gasteiger charge is 2.60. The van der Waals surface area contributed by atoms with Gasteiger partial charge in [-0.25, -0.2) is 19.2 Å². The molecule has 17 nitrogen and oxygen atoms in total. The van der Waals surface area contributed by atoms with Crippen molar-refractivity contribution in [3.8, 4) is 5.75 Å². The number of β-lactam (4-membered cyclic amide) rings is 1. The quantitative estimate of drug-likeness (QED) is 0.0787. The number of nitro groups is 2. The smallest absolute Gasteiger partial charge is 0.422 e. The third-order valence-electron chi connectivity index (χ3n) is 9.22. The van der Waals surface area contributed by atoms with Gasteiger partial charge in [0, 0.05) is 41.0 Å². The van der Waals surface area contributed by atoms with Crippen LogP contribution in [-0.2, 0) is 19.1 Å². The van der Waals surface area contributed by atoms with Crippen LogP contribution >= 0.6 is 0 Å². The summed E-state index contributed by atoms with van der Waals surface area (Å²) in [5, 5.41) is 43.8. The number of phenols is 1. The molecule has 0 bridgehead atoms. The lowest BCUT2D eigenvalue weighted by Crippen LogP contribution is -2.63. The summed E-state index contributed by atoms with van der Waals surface area (Å²) in [5.74, 6) is -6.16. The Balaban J connectivity index is 1.41. The molecule has 4 atom stereocenters. The highest BCUT2D eigenvalue weighted by atomic mass is 16.6. The maximum Gasteiger partial charge on any atom is 0.422 e. The molecule has 2 N–H and O–H groups in total. The van der Waals surface area contributed by atoms with Crippen LogP contribution in [0.2, 0.25) is 0 Å². The van der Waals surface area contributed by atoms with Crippen molar-refractivity contribution in [1.29, 1.82) is 0 Å². The third kappa shape index (κ3) is 6.51. The second kappa shape index (κ2) is 14.0. The fourth-order valence-corrected chi connectivity index (χ4v) is 6.60. The van der Waals surface area contributed by atoms with Gasteiger partial charge in [-0.3, -0.25) is 29.9 Å². The third-order valence-corrected chi connectivity index (χ3v) is 9.22. The molecule has 0 unspecified atom stereocenters. The average Bonchev–Trinajstić information content (AvgIpc) is 3.37. The molecule has 0 spiro atoms. The first-order valence-corrected chi connectivity index (χ1v) is 15.9. The number of aromatic hydroxyl groups is 1. The Kier molecular flexibility index (Phi) is 9.43. The zero-order valence-corrected chi connectivity index (χ0v) is 27.8. The molecular formula is C36H28N4O13. The number of hydrogen-bond donors (Lipinski definition) is 2. The van der Waals surface area contributed by atoms with E-state index in [4.69, 9.17) is 9.47 Å². The lowest BCUT2D eigenvalue weighted by molar-refractivity contribution is -0.385. The van der Waals surface area contributed by atoms with Crippen molar-refractivity contribution in [2.24, 2.45) is 11.8 Å². The zero-order valence-electron chi connectivity index (χ0n) is 27.8. The summed E-state index contributed by atoms with van der Waals surface area (Å²) in [4.78, 5) is 90.2. The predicted molar refractivity (Wildman–Crippen MR) is 182 cm³/mol. The van der Waals surface area contributed by atoms with Crippen LogP contribution < -0.4 is 4.90 Å². The molecule has 6 rings (SSSR count). The van der Waals surface area contributed by atoms with E-state index in [0.717, 1.165) is 58.3 Å². The van der Waals surface area contributed by atoms with E-state index in [1.54, 1.807) is 19.1 Å². The number of esters is 3. The molecule has 53 heavy (non-hydrogen) atoms. The number of fused-ring (bicyclic) bond motifs is 2. The second-order valence-electron chi connectivity index (χ2n) is 12.3. The van der Waals surface area contributed by atoms with Crippen LogP contribution in [0.4, 0.5) is 21.9 Å². The van der Waals surface area contributed by atoms with Gasteiger partial charge in [0.1, 0.15) is 11.4 Å². The Hall–Kier alpha value is -7.01. The number of hydrogen-bond acceptors (Lipinski definition) is 13. The topological polar surface area (TPSA) is 237 Å². The van der Waals surface area contributed by atoms with Crippen molar-refractivity contribution in [3.63, 3.8) is 0 Å². The van der Waals surface area contributed by atoms with Gasteiger partial charge in [-0.2, -0.15) is 0 Å². The number of rotatable bonds is 9. The number of nitro benzene ring substituents is 2. The summed E-state index contributed by atoms with van der Waals surface area (Å²) in [7, 11) is 0. The molecule has 2 heterocycles. The van der Waals surface area contributed by atoms with E-state index in [0.29, 0.717) is 10.8 Å². The van der Waals surface area contributed by atoms with Crippen LogP contribution in [-0.4, -0.2) is 73.6 Å². The molecular weight excluding hydrogens is 696 g/mol. The lowest BCUT2D eigenvalue weighted by Gasteiger charge is -2.46. The monoisotopic (exact) mass is 724 g/mol. The van der Waals surface area contributed by atoms with Crippen molar-refractivity contribution in [3.05, 3.63) is 128 Å². The SMILES string of the molecule is C[C@@H](O)[C@H]1C(=O)N2C(C(=O)OC(=O)c3ccc([N+](=O)[O-])cc3)=C(CN(C(=O)OC(=O)c3ccc([N+](=O)[O-])cc3)c3cccc4c(O)cccc34)[C@H](C)[C@H]12. The van der Waals surface area contributed by atoms with Gasteiger partial charge in [0.25, 0.3) is 11.4 Å². The van der Waals surface area contributed by atoms with E-state index in [9.17, 15) is 54.4 Å². The van der Waals surface area contributed by atoms with Crippen LogP contribution in [0.1, 0.15) is 34.6 Å². The standard InChI is InChI=1S/C36H28N4O13/c1-18-26(31(38-30(18)29(19(2)41)32(38)43)35(46)52-33(44)20-9-13-22(14-10-20)39(48)49)17-37(27-7-3-6-25-24(27)5-4-8-28(25)42)36(47)53-34(45)21-11-15-23(16-12-21)40(50)51/h3-16,18-19,29-30,41-42H,17H2,1-2H3/t18-,19+,29+,30+/m0/s1. The van der Waals surface area contributed by atoms with Gasteiger partial charge in [0.05, 0.1) is 51.3 Å². The number of non-ortho nitro benzene ring substituents is 2. The molecule has 2 aliphatic rings. The minimum atomic E-state index is -1.29. The van der Waals surface area contributed by atoms with E-state index in [1.807, 2.05) is 0 Å². The van der Waals surface area contributed by atoms with Gasteiger partial charge in [0.15, 0.2) is 0 Å². The molecule has 2 aliphatic heterocycles. The van der Waals surface area contributed by atoms with Crippen LogP contribution in [0.3, 0.4) is 0 Å². The Bertz CT molecular complexity index is 2250. The largest absolute Gasteiger partial charge is 0.507 e. The summed E-state index contributed by atoms with van der Waals surface area (Å²) in [6, 6.07) is 16.8. The Morgan fingerprint density at radius 1 is 0.811 bits per heavy atom. The molecule has 2 amide bonds. The number of benzene rings is 4. The number of carbonyl (C=O) groups is 5. The minimum Gasteiger partial charge on any atom is -0.507 e. The number of aliphatic hydroxyl groups is 1. The normalized spacial score (nSPS) is 18.1. The molecule has 270 valence electrons. The molecule has 1 fully saturated rings. The van der Waals surface area contributed by atoms with Crippen molar-refractivity contribution in [2.75, 3.05) is 11.4 Å². The van der Waals surface area contributed by atoms with Gasteiger partial charge in [0.2, 0.25) is 5.91 Å². The van der Waals surface area contributed by atoms with Crippen molar-refractivity contribution >= 4 is 57.7 Å². The average molecular weight is 725 g/mol. The maximum atomic E-state index is 14.0. The number of amides is 2. The Morgan fingerprint density at radius 3 is 1.89 bits per heavy atom. The molecule has 4 aromatic rings. The first-order valence-electron chi connectivity index (χ1n) is 15.9. The second-order valence-corrected chi connectivity index (χ2v) is 12.3. The van der Waals surface area contributed by atoms with E-state index < -0.39 is 76.0 Å². The number of phenolic OH excluding ortho intramolecular Hbond substituents is 1. The van der Waals surface area contributed by atoms with Crippen LogP contribution in [0.15, 0.2) is 96.2 Å². The minimum absolute atomic E-state index is 0.0879. The number of aliphatic hydroxyl groups excluding tert-OH is 1.